The fourth-order valence-corrected chi connectivity index (χ4v) is 1.96. The van der Waals surface area contributed by atoms with E-state index in [2.05, 4.69) is 21.0 Å². The summed E-state index contributed by atoms with van der Waals surface area (Å²) < 4.78 is 2.64. The standard InChI is InChI=1S/C14H15BrN2O2/c1-14(2,3)17-8-11(13(18)19)12(16-17)9-4-6-10(15)7-5-9/h4-8H,1-3H3,(H,18,19). The van der Waals surface area contributed by atoms with Gasteiger partial charge < -0.3 is 5.11 Å². The zero-order chi connectivity index (χ0) is 14.2. The van der Waals surface area contributed by atoms with Crippen molar-refractivity contribution in [3.8, 4) is 11.3 Å². The Labute approximate surface area is 120 Å². The molecule has 0 atom stereocenters. The summed E-state index contributed by atoms with van der Waals surface area (Å²) in [6.45, 7) is 5.95. The zero-order valence-corrected chi connectivity index (χ0v) is 12.6. The smallest absolute Gasteiger partial charge is 0.339 e. The van der Waals surface area contributed by atoms with Crippen LogP contribution in [0.2, 0.25) is 0 Å². The van der Waals surface area contributed by atoms with Crippen molar-refractivity contribution in [3.05, 3.63) is 40.5 Å². The van der Waals surface area contributed by atoms with Gasteiger partial charge in [0.15, 0.2) is 0 Å². The van der Waals surface area contributed by atoms with Crippen LogP contribution < -0.4 is 0 Å². The highest BCUT2D eigenvalue weighted by Crippen LogP contribution is 2.26. The molecule has 0 saturated heterocycles. The van der Waals surface area contributed by atoms with Crippen LogP contribution in [0.15, 0.2) is 34.9 Å². The second-order valence-electron chi connectivity index (χ2n) is 5.32. The van der Waals surface area contributed by atoms with Crippen molar-refractivity contribution in [3.63, 3.8) is 0 Å². The monoisotopic (exact) mass is 322 g/mol. The third-order valence-corrected chi connectivity index (χ3v) is 3.28. The quantitative estimate of drug-likeness (QED) is 0.915. The molecule has 1 heterocycles. The molecule has 0 spiro atoms. The first-order valence-corrected chi connectivity index (χ1v) is 6.68. The van der Waals surface area contributed by atoms with Crippen LogP contribution in [-0.2, 0) is 5.54 Å². The average Bonchev–Trinajstić information content (AvgIpc) is 2.74. The molecule has 0 amide bonds. The molecule has 4 nitrogen and oxygen atoms in total. The summed E-state index contributed by atoms with van der Waals surface area (Å²) in [4.78, 5) is 11.3. The van der Waals surface area contributed by atoms with Gasteiger partial charge in [0.25, 0.3) is 0 Å². The molecule has 0 bridgehead atoms. The van der Waals surface area contributed by atoms with E-state index in [9.17, 15) is 9.90 Å². The first-order chi connectivity index (χ1) is 8.79. The van der Waals surface area contributed by atoms with E-state index >= 15 is 0 Å². The molecule has 1 aromatic heterocycles. The minimum absolute atomic E-state index is 0.220. The molecule has 2 rings (SSSR count). The Morgan fingerprint density at radius 2 is 1.84 bits per heavy atom. The number of halogens is 1. The van der Waals surface area contributed by atoms with Crippen LogP contribution in [0, 0.1) is 0 Å². The Balaban J connectivity index is 2.58. The molecule has 100 valence electrons. The topological polar surface area (TPSA) is 55.1 Å². The predicted octanol–water partition coefficient (Wildman–Crippen LogP) is 3.77. The van der Waals surface area contributed by atoms with E-state index in [1.54, 1.807) is 10.9 Å². The largest absolute Gasteiger partial charge is 0.478 e. The van der Waals surface area contributed by atoms with Gasteiger partial charge in [-0.1, -0.05) is 28.1 Å². The lowest BCUT2D eigenvalue weighted by atomic mass is 10.1. The van der Waals surface area contributed by atoms with Crippen molar-refractivity contribution in [1.29, 1.82) is 0 Å². The van der Waals surface area contributed by atoms with Gasteiger partial charge in [0.1, 0.15) is 11.3 Å². The Kier molecular flexibility index (Phi) is 3.49. The van der Waals surface area contributed by atoms with Crippen LogP contribution in [-0.4, -0.2) is 20.9 Å². The maximum absolute atomic E-state index is 11.3. The Morgan fingerprint density at radius 3 is 2.32 bits per heavy atom. The van der Waals surface area contributed by atoms with Crippen molar-refractivity contribution in [2.75, 3.05) is 0 Å². The van der Waals surface area contributed by atoms with Crippen molar-refractivity contribution in [1.82, 2.24) is 9.78 Å². The molecular weight excluding hydrogens is 308 g/mol. The first kappa shape index (κ1) is 13.8. The van der Waals surface area contributed by atoms with E-state index in [1.807, 2.05) is 45.0 Å². The maximum Gasteiger partial charge on any atom is 0.339 e. The van der Waals surface area contributed by atoms with Crippen molar-refractivity contribution < 1.29 is 9.90 Å². The second kappa shape index (κ2) is 4.81. The SMILES string of the molecule is CC(C)(C)n1cc(C(=O)O)c(-c2ccc(Br)cc2)n1. The Morgan fingerprint density at radius 1 is 1.26 bits per heavy atom. The van der Waals surface area contributed by atoms with E-state index in [-0.39, 0.29) is 11.1 Å². The van der Waals surface area contributed by atoms with Crippen LogP contribution in [0.1, 0.15) is 31.1 Å². The number of hydrogen-bond donors (Lipinski definition) is 1. The normalized spacial score (nSPS) is 11.6. The third kappa shape index (κ3) is 2.87. The van der Waals surface area contributed by atoms with Crippen LogP contribution in [0.5, 0.6) is 0 Å². The van der Waals surface area contributed by atoms with Gasteiger partial charge >= 0.3 is 5.97 Å². The molecule has 0 radical (unpaired) electrons. The van der Waals surface area contributed by atoms with Crippen molar-refractivity contribution in [2.24, 2.45) is 0 Å². The molecule has 1 aromatic carbocycles. The highest BCUT2D eigenvalue weighted by atomic mass is 79.9. The van der Waals surface area contributed by atoms with Gasteiger partial charge in [0.2, 0.25) is 0 Å². The minimum Gasteiger partial charge on any atom is -0.478 e. The number of benzene rings is 1. The number of carboxylic acids is 1. The molecule has 5 heteroatoms. The highest BCUT2D eigenvalue weighted by Gasteiger charge is 2.22. The van der Waals surface area contributed by atoms with E-state index in [0.717, 1.165) is 10.0 Å². The molecule has 0 aliphatic rings. The lowest BCUT2D eigenvalue weighted by Gasteiger charge is -2.18. The van der Waals surface area contributed by atoms with Gasteiger partial charge in [-0.25, -0.2) is 4.79 Å². The third-order valence-electron chi connectivity index (χ3n) is 2.75. The van der Waals surface area contributed by atoms with Crippen molar-refractivity contribution in [2.45, 2.75) is 26.3 Å². The molecule has 0 aliphatic carbocycles. The Bertz CT molecular complexity index is 609. The molecule has 2 aromatic rings. The minimum atomic E-state index is -0.964. The molecule has 0 saturated carbocycles. The Hall–Kier alpha value is -1.62. The maximum atomic E-state index is 11.3. The molecule has 0 aliphatic heterocycles. The molecule has 19 heavy (non-hydrogen) atoms. The van der Waals surface area contributed by atoms with Gasteiger partial charge in [0.05, 0.1) is 5.54 Å². The van der Waals surface area contributed by atoms with Gasteiger partial charge in [-0.2, -0.15) is 5.10 Å². The molecule has 0 fully saturated rings. The van der Waals surface area contributed by atoms with Gasteiger partial charge in [-0.15, -0.1) is 0 Å². The average molecular weight is 323 g/mol. The van der Waals surface area contributed by atoms with Crippen LogP contribution >= 0.6 is 15.9 Å². The summed E-state index contributed by atoms with van der Waals surface area (Å²) in [7, 11) is 0. The molecular formula is C14H15BrN2O2. The lowest BCUT2D eigenvalue weighted by Crippen LogP contribution is -2.22. The van der Waals surface area contributed by atoms with E-state index in [1.165, 1.54) is 0 Å². The van der Waals surface area contributed by atoms with Crippen LogP contribution in [0.25, 0.3) is 11.3 Å². The fourth-order valence-electron chi connectivity index (χ4n) is 1.70. The summed E-state index contributed by atoms with van der Waals surface area (Å²) in [5.74, 6) is -0.964. The number of carboxylic acid groups (broad SMARTS) is 1. The van der Waals surface area contributed by atoms with Gasteiger partial charge in [0, 0.05) is 16.2 Å². The van der Waals surface area contributed by atoms with Gasteiger partial charge in [-0.3, -0.25) is 4.68 Å². The zero-order valence-electron chi connectivity index (χ0n) is 11.0. The predicted molar refractivity (Wildman–Crippen MR) is 77.3 cm³/mol. The summed E-state index contributed by atoms with van der Waals surface area (Å²) >= 11 is 3.36. The number of aromatic carboxylic acids is 1. The summed E-state index contributed by atoms with van der Waals surface area (Å²) in [5.41, 5.74) is 1.26. The second-order valence-corrected chi connectivity index (χ2v) is 6.23. The number of nitrogens with zero attached hydrogens (tertiary/aromatic N) is 2. The van der Waals surface area contributed by atoms with E-state index < -0.39 is 5.97 Å². The van der Waals surface area contributed by atoms with Crippen LogP contribution in [0.3, 0.4) is 0 Å². The summed E-state index contributed by atoms with van der Waals surface area (Å²) in [6.07, 6.45) is 1.58. The van der Waals surface area contributed by atoms with Gasteiger partial charge in [-0.05, 0) is 32.9 Å². The lowest BCUT2D eigenvalue weighted by molar-refractivity contribution is 0.0697. The molecule has 0 unspecified atom stereocenters. The summed E-state index contributed by atoms with van der Waals surface area (Å²) in [6, 6.07) is 7.45. The molecule has 1 N–H and O–H groups in total. The first-order valence-electron chi connectivity index (χ1n) is 5.88. The van der Waals surface area contributed by atoms with E-state index in [4.69, 9.17) is 0 Å². The number of aromatic nitrogens is 2. The van der Waals surface area contributed by atoms with Crippen LogP contribution in [0.4, 0.5) is 0 Å². The van der Waals surface area contributed by atoms with Crippen molar-refractivity contribution >= 4 is 21.9 Å². The number of hydrogen-bond acceptors (Lipinski definition) is 2. The van der Waals surface area contributed by atoms with E-state index in [0.29, 0.717) is 5.69 Å². The summed E-state index contributed by atoms with van der Waals surface area (Å²) in [5, 5.41) is 13.7. The number of carbonyl (C=O) groups is 1. The fraction of sp³-hybridized carbons (Fsp3) is 0.286. The highest BCUT2D eigenvalue weighted by molar-refractivity contribution is 9.10. The number of rotatable bonds is 2.